The Morgan fingerprint density at radius 2 is 1.76 bits per heavy atom. The molecule has 0 saturated heterocycles. The monoisotopic (exact) mass is 240 g/mol. The Kier molecular flexibility index (Phi) is 2.96. The lowest BCUT2D eigenvalue weighted by atomic mass is 10.1. The van der Waals surface area contributed by atoms with Crippen molar-refractivity contribution in [3.05, 3.63) is 59.0 Å². The van der Waals surface area contributed by atoms with Crippen LogP contribution in [-0.2, 0) is 12.6 Å². The quantitative estimate of drug-likeness (QED) is 0.766. The van der Waals surface area contributed by atoms with E-state index in [-0.39, 0.29) is 0 Å². The topological polar surface area (TPSA) is 13.1 Å². The Balaban J connectivity index is 2.14. The number of hydrogen-bond acceptors (Lipinski definition) is 1. The Hall–Kier alpha value is -1.71. The molecule has 2 aromatic rings. The largest absolute Gasteiger partial charge is 0.468 e. The highest BCUT2D eigenvalue weighted by Crippen LogP contribution is 2.31. The summed E-state index contributed by atoms with van der Waals surface area (Å²) in [7, 11) is 0. The standard InChI is InChI=1S/C13H11F3O/c1-9-2-4-10(5-3-9)6-12-7-11(8-17-12)13(14,15)16/h2-5,7-8H,6H2,1H3. The second-order valence-electron chi connectivity index (χ2n) is 3.96. The maximum atomic E-state index is 12.3. The normalized spacial score (nSPS) is 11.8. The third-order valence-electron chi connectivity index (χ3n) is 2.48. The molecule has 17 heavy (non-hydrogen) atoms. The fourth-order valence-corrected chi connectivity index (χ4v) is 1.53. The first-order valence-corrected chi connectivity index (χ1v) is 5.15. The maximum Gasteiger partial charge on any atom is 0.419 e. The molecule has 0 saturated carbocycles. The minimum absolute atomic E-state index is 0.321. The van der Waals surface area contributed by atoms with Crippen LogP contribution in [-0.4, -0.2) is 0 Å². The van der Waals surface area contributed by atoms with Crippen LogP contribution in [0.2, 0.25) is 0 Å². The lowest BCUT2D eigenvalue weighted by Gasteiger charge is -2.00. The average molecular weight is 240 g/mol. The van der Waals surface area contributed by atoms with Gasteiger partial charge in [0, 0.05) is 6.42 Å². The van der Waals surface area contributed by atoms with Crippen molar-refractivity contribution in [2.75, 3.05) is 0 Å². The van der Waals surface area contributed by atoms with Gasteiger partial charge in [-0.25, -0.2) is 0 Å². The van der Waals surface area contributed by atoms with E-state index in [1.165, 1.54) is 0 Å². The fourth-order valence-electron chi connectivity index (χ4n) is 1.53. The van der Waals surface area contributed by atoms with Crippen molar-refractivity contribution in [1.82, 2.24) is 0 Å². The van der Waals surface area contributed by atoms with Crippen LogP contribution in [0.25, 0.3) is 0 Å². The molecule has 0 N–H and O–H groups in total. The zero-order chi connectivity index (χ0) is 12.5. The highest BCUT2D eigenvalue weighted by atomic mass is 19.4. The van der Waals surface area contributed by atoms with Crippen LogP contribution in [0.1, 0.15) is 22.5 Å². The molecule has 0 aliphatic rings. The molecule has 2 rings (SSSR count). The molecule has 1 nitrogen and oxygen atoms in total. The van der Waals surface area contributed by atoms with Gasteiger partial charge in [-0.05, 0) is 18.6 Å². The van der Waals surface area contributed by atoms with Gasteiger partial charge in [0.15, 0.2) is 0 Å². The summed E-state index contributed by atoms with van der Waals surface area (Å²) in [5.74, 6) is 0.321. The average Bonchev–Trinajstić information content (AvgIpc) is 2.69. The van der Waals surface area contributed by atoms with E-state index >= 15 is 0 Å². The van der Waals surface area contributed by atoms with Gasteiger partial charge in [-0.3, -0.25) is 0 Å². The SMILES string of the molecule is Cc1ccc(Cc2cc(C(F)(F)F)co2)cc1. The molecule has 4 heteroatoms. The van der Waals surface area contributed by atoms with Crippen LogP contribution < -0.4 is 0 Å². The zero-order valence-corrected chi connectivity index (χ0v) is 9.21. The summed E-state index contributed by atoms with van der Waals surface area (Å²) < 4.78 is 41.9. The van der Waals surface area contributed by atoms with Crippen LogP contribution in [0, 0.1) is 6.92 Å². The number of benzene rings is 1. The predicted molar refractivity (Wildman–Crippen MR) is 57.7 cm³/mol. The van der Waals surface area contributed by atoms with Gasteiger partial charge in [-0.2, -0.15) is 13.2 Å². The molecule has 1 aromatic carbocycles. The van der Waals surface area contributed by atoms with Crippen LogP contribution >= 0.6 is 0 Å². The Labute approximate surface area is 96.9 Å². The van der Waals surface area contributed by atoms with Crippen molar-refractivity contribution in [2.45, 2.75) is 19.5 Å². The highest BCUT2D eigenvalue weighted by Gasteiger charge is 2.32. The highest BCUT2D eigenvalue weighted by molar-refractivity contribution is 5.26. The third kappa shape index (κ3) is 2.90. The van der Waals surface area contributed by atoms with Crippen molar-refractivity contribution in [3.8, 4) is 0 Å². The van der Waals surface area contributed by atoms with Crippen molar-refractivity contribution < 1.29 is 17.6 Å². The fraction of sp³-hybridized carbons (Fsp3) is 0.231. The summed E-state index contributed by atoms with van der Waals surface area (Å²) in [6.45, 7) is 1.96. The van der Waals surface area contributed by atoms with E-state index in [4.69, 9.17) is 4.42 Å². The van der Waals surface area contributed by atoms with Gasteiger partial charge >= 0.3 is 6.18 Å². The number of alkyl halides is 3. The van der Waals surface area contributed by atoms with Crippen molar-refractivity contribution in [2.24, 2.45) is 0 Å². The molecule has 1 heterocycles. The molecular formula is C13H11F3O. The smallest absolute Gasteiger partial charge is 0.419 e. The van der Waals surface area contributed by atoms with Crippen LogP contribution in [0.3, 0.4) is 0 Å². The van der Waals surface area contributed by atoms with E-state index in [0.29, 0.717) is 12.2 Å². The number of furan rings is 1. The number of hydrogen-bond donors (Lipinski definition) is 0. The minimum Gasteiger partial charge on any atom is -0.468 e. The molecule has 0 atom stereocenters. The second-order valence-corrected chi connectivity index (χ2v) is 3.96. The molecule has 0 spiro atoms. The van der Waals surface area contributed by atoms with E-state index in [9.17, 15) is 13.2 Å². The van der Waals surface area contributed by atoms with Crippen LogP contribution in [0.4, 0.5) is 13.2 Å². The molecular weight excluding hydrogens is 229 g/mol. The van der Waals surface area contributed by atoms with Gasteiger partial charge in [0.05, 0.1) is 5.56 Å². The van der Waals surface area contributed by atoms with Crippen LogP contribution in [0.5, 0.6) is 0 Å². The predicted octanol–water partition coefficient (Wildman–Crippen LogP) is 4.20. The molecule has 0 aliphatic carbocycles. The van der Waals surface area contributed by atoms with Gasteiger partial charge in [-0.15, -0.1) is 0 Å². The minimum atomic E-state index is -4.34. The first-order valence-electron chi connectivity index (χ1n) is 5.15. The van der Waals surface area contributed by atoms with Crippen molar-refractivity contribution >= 4 is 0 Å². The lowest BCUT2D eigenvalue weighted by molar-refractivity contribution is -0.137. The van der Waals surface area contributed by atoms with Gasteiger partial charge in [-0.1, -0.05) is 29.8 Å². The van der Waals surface area contributed by atoms with E-state index in [0.717, 1.165) is 23.5 Å². The summed E-state index contributed by atoms with van der Waals surface area (Å²) >= 11 is 0. The second kappa shape index (κ2) is 4.28. The molecule has 0 fully saturated rings. The molecule has 0 bridgehead atoms. The molecule has 0 aliphatic heterocycles. The third-order valence-corrected chi connectivity index (χ3v) is 2.48. The Morgan fingerprint density at radius 3 is 2.29 bits per heavy atom. The summed E-state index contributed by atoms with van der Waals surface area (Å²) in [4.78, 5) is 0. The molecule has 0 amide bonds. The maximum absolute atomic E-state index is 12.3. The number of halogens is 3. The van der Waals surface area contributed by atoms with E-state index in [1.807, 2.05) is 31.2 Å². The lowest BCUT2D eigenvalue weighted by Crippen LogP contribution is -2.02. The van der Waals surface area contributed by atoms with Crippen molar-refractivity contribution in [1.29, 1.82) is 0 Å². The van der Waals surface area contributed by atoms with Gasteiger partial charge in [0.25, 0.3) is 0 Å². The van der Waals surface area contributed by atoms with Crippen LogP contribution in [0.15, 0.2) is 41.0 Å². The van der Waals surface area contributed by atoms with Gasteiger partial charge in [0.2, 0.25) is 0 Å². The summed E-state index contributed by atoms with van der Waals surface area (Å²) in [5, 5.41) is 0. The number of rotatable bonds is 2. The summed E-state index contributed by atoms with van der Waals surface area (Å²) in [5.41, 5.74) is 1.31. The van der Waals surface area contributed by atoms with Gasteiger partial charge < -0.3 is 4.42 Å². The molecule has 1 aromatic heterocycles. The van der Waals surface area contributed by atoms with Gasteiger partial charge in [0.1, 0.15) is 12.0 Å². The molecule has 0 unspecified atom stereocenters. The summed E-state index contributed by atoms with van der Waals surface area (Å²) in [6.07, 6.45) is -3.21. The Morgan fingerprint density at radius 1 is 1.12 bits per heavy atom. The molecule has 0 radical (unpaired) electrons. The number of aryl methyl sites for hydroxylation is 1. The molecule has 90 valence electrons. The Bertz CT molecular complexity index is 494. The zero-order valence-electron chi connectivity index (χ0n) is 9.21. The van der Waals surface area contributed by atoms with E-state index in [2.05, 4.69) is 0 Å². The summed E-state index contributed by atoms with van der Waals surface area (Å²) in [6, 6.07) is 8.64. The first-order chi connectivity index (χ1) is 7.95. The van der Waals surface area contributed by atoms with Crippen molar-refractivity contribution in [3.63, 3.8) is 0 Å². The van der Waals surface area contributed by atoms with E-state index < -0.39 is 11.7 Å². The van der Waals surface area contributed by atoms with E-state index in [1.54, 1.807) is 0 Å². The first kappa shape index (κ1) is 11.8.